The molecule has 5 rings (SSSR count). The molecule has 1 aliphatic carbocycles. The molecule has 1 aliphatic rings. The number of amides is 2. The maximum absolute atomic E-state index is 14.7. The highest BCUT2D eigenvalue weighted by molar-refractivity contribution is 7.92. The summed E-state index contributed by atoms with van der Waals surface area (Å²) in [7, 11) is -1.46. The molecule has 0 radical (unpaired) electrons. The van der Waals surface area contributed by atoms with Gasteiger partial charge in [0.25, 0.3) is 10.0 Å². The standard InChI is InChI=1S/C39H45N3O7S/c1-4-49-33-21-19-32(20-22-33)42(50(45,46)34-23-24-36(47-2)37(26-34)48-3)28-38(43)41(27-30-15-9-6-10-16-30)35(25-29-13-7-5-8-14-29)39(44)40-31-17-11-12-18-31/h5-10,13-16,19-24,26,31,35H,4,11-12,17-18,25,27-28H2,1-3H3,(H,40,44)/t35-/m1/s1. The van der Waals surface area contributed by atoms with Crippen LogP contribution in [0, 0.1) is 0 Å². The lowest BCUT2D eigenvalue weighted by Crippen LogP contribution is -2.54. The van der Waals surface area contributed by atoms with Crippen molar-refractivity contribution < 1.29 is 32.2 Å². The molecule has 4 aromatic rings. The van der Waals surface area contributed by atoms with Crippen LogP contribution in [-0.2, 0) is 32.6 Å². The number of nitrogens with one attached hydrogen (secondary N) is 1. The molecular weight excluding hydrogens is 655 g/mol. The third-order valence-electron chi connectivity index (χ3n) is 8.83. The Morgan fingerprint density at radius 3 is 2.04 bits per heavy atom. The average molecular weight is 700 g/mol. The fourth-order valence-corrected chi connectivity index (χ4v) is 7.64. The molecule has 1 fully saturated rings. The summed E-state index contributed by atoms with van der Waals surface area (Å²) < 4.78 is 46.4. The van der Waals surface area contributed by atoms with Gasteiger partial charge in [0, 0.05) is 25.1 Å². The number of sulfonamides is 1. The van der Waals surface area contributed by atoms with Crippen molar-refractivity contribution in [2.24, 2.45) is 0 Å². The Balaban J connectivity index is 1.57. The molecule has 0 bridgehead atoms. The van der Waals surface area contributed by atoms with Crippen LogP contribution in [0.15, 0.2) is 108 Å². The number of ether oxygens (including phenoxy) is 3. The lowest BCUT2D eigenvalue weighted by molar-refractivity contribution is -0.140. The van der Waals surface area contributed by atoms with Gasteiger partial charge in [0.1, 0.15) is 18.3 Å². The maximum Gasteiger partial charge on any atom is 0.264 e. The molecule has 11 heteroatoms. The minimum atomic E-state index is -4.35. The predicted molar refractivity (Wildman–Crippen MR) is 193 cm³/mol. The highest BCUT2D eigenvalue weighted by Crippen LogP contribution is 2.33. The Hall–Kier alpha value is -5.03. The summed E-state index contributed by atoms with van der Waals surface area (Å²) in [6, 6.07) is 28.9. The van der Waals surface area contributed by atoms with Crippen molar-refractivity contribution in [2.75, 3.05) is 31.7 Å². The van der Waals surface area contributed by atoms with Crippen molar-refractivity contribution in [2.45, 2.75) is 62.6 Å². The van der Waals surface area contributed by atoms with Crippen LogP contribution in [0.4, 0.5) is 5.69 Å². The fraction of sp³-hybridized carbons (Fsp3) is 0.333. The van der Waals surface area contributed by atoms with Gasteiger partial charge in [-0.1, -0.05) is 73.5 Å². The Morgan fingerprint density at radius 2 is 1.44 bits per heavy atom. The molecule has 50 heavy (non-hydrogen) atoms. The summed E-state index contributed by atoms with van der Waals surface area (Å²) in [5.74, 6) is 0.350. The van der Waals surface area contributed by atoms with Crippen LogP contribution in [0.5, 0.6) is 17.2 Å². The van der Waals surface area contributed by atoms with Crippen molar-refractivity contribution in [3.8, 4) is 17.2 Å². The summed E-state index contributed by atoms with van der Waals surface area (Å²) in [4.78, 5) is 30.3. The zero-order valence-electron chi connectivity index (χ0n) is 28.8. The van der Waals surface area contributed by atoms with E-state index in [1.165, 1.54) is 37.3 Å². The first kappa shape index (κ1) is 36.3. The zero-order valence-corrected chi connectivity index (χ0v) is 29.6. The second-order valence-electron chi connectivity index (χ2n) is 12.2. The van der Waals surface area contributed by atoms with Crippen molar-refractivity contribution in [1.29, 1.82) is 0 Å². The van der Waals surface area contributed by atoms with E-state index in [-0.39, 0.29) is 41.2 Å². The predicted octanol–water partition coefficient (Wildman–Crippen LogP) is 6.00. The van der Waals surface area contributed by atoms with E-state index in [1.807, 2.05) is 67.6 Å². The van der Waals surface area contributed by atoms with Gasteiger partial charge in [-0.05, 0) is 67.3 Å². The number of anilines is 1. The molecule has 1 atom stereocenters. The summed E-state index contributed by atoms with van der Waals surface area (Å²) in [5.41, 5.74) is 1.94. The monoisotopic (exact) mass is 699 g/mol. The minimum absolute atomic E-state index is 0.0280. The van der Waals surface area contributed by atoms with E-state index >= 15 is 0 Å². The number of hydrogen-bond donors (Lipinski definition) is 1. The zero-order chi connectivity index (χ0) is 35.5. The molecule has 0 heterocycles. The van der Waals surface area contributed by atoms with Crippen LogP contribution >= 0.6 is 0 Å². The van der Waals surface area contributed by atoms with Gasteiger partial charge in [0.2, 0.25) is 11.8 Å². The molecule has 1 N–H and O–H groups in total. The van der Waals surface area contributed by atoms with Gasteiger partial charge in [-0.15, -0.1) is 0 Å². The van der Waals surface area contributed by atoms with Crippen LogP contribution in [-0.4, -0.2) is 64.6 Å². The smallest absolute Gasteiger partial charge is 0.264 e. The molecule has 264 valence electrons. The molecule has 1 saturated carbocycles. The lowest BCUT2D eigenvalue weighted by Gasteiger charge is -2.34. The SMILES string of the molecule is CCOc1ccc(N(CC(=O)N(Cc2ccccc2)[C@H](Cc2ccccc2)C(=O)NC2CCCC2)S(=O)(=O)c2ccc(OC)c(OC)c2)cc1. The van der Waals surface area contributed by atoms with Crippen molar-refractivity contribution in [3.63, 3.8) is 0 Å². The van der Waals surface area contributed by atoms with Gasteiger partial charge in [0.05, 0.1) is 31.4 Å². The Kier molecular flexibility index (Phi) is 12.4. The normalized spacial score (nSPS) is 13.7. The molecule has 0 aliphatic heterocycles. The van der Waals surface area contributed by atoms with Crippen LogP contribution in [0.25, 0.3) is 0 Å². The first-order valence-corrected chi connectivity index (χ1v) is 18.3. The Labute approximate surface area is 295 Å². The number of benzene rings is 4. The first-order valence-electron chi connectivity index (χ1n) is 16.9. The van der Waals surface area contributed by atoms with E-state index in [1.54, 1.807) is 24.3 Å². The fourth-order valence-electron chi connectivity index (χ4n) is 6.21. The van der Waals surface area contributed by atoms with Gasteiger partial charge in [-0.3, -0.25) is 13.9 Å². The molecule has 2 amide bonds. The minimum Gasteiger partial charge on any atom is -0.494 e. The van der Waals surface area contributed by atoms with E-state index < -0.39 is 28.5 Å². The van der Waals surface area contributed by atoms with Crippen molar-refractivity contribution in [1.82, 2.24) is 10.2 Å². The summed E-state index contributed by atoms with van der Waals surface area (Å²) >= 11 is 0. The molecule has 0 aromatic heterocycles. The summed E-state index contributed by atoms with van der Waals surface area (Å²) in [6.45, 7) is 1.82. The number of hydrogen-bond acceptors (Lipinski definition) is 7. The van der Waals surface area contributed by atoms with Gasteiger partial charge >= 0.3 is 0 Å². The quantitative estimate of drug-likeness (QED) is 0.153. The molecule has 10 nitrogen and oxygen atoms in total. The molecule has 0 spiro atoms. The van der Waals surface area contributed by atoms with Gasteiger partial charge < -0.3 is 24.4 Å². The van der Waals surface area contributed by atoms with Crippen LogP contribution in [0.1, 0.15) is 43.7 Å². The van der Waals surface area contributed by atoms with E-state index in [4.69, 9.17) is 14.2 Å². The maximum atomic E-state index is 14.7. The van der Waals surface area contributed by atoms with E-state index in [0.29, 0.717) is 18.1 Å². The first-order chi connectivity index (χ1) is 24.2. The molecule has 4 aromatic carbocycles. The van der Waals surface area contributed by atoms with Crippen LogP contribution < -0.4 is 23.8 Å². The highest BCUT2D eigenvalue weighted by Gasteiger charge is 2.36. The lowest BCUT2D eigenvalue weighted by atomic mass is 10.0. The molecule has 0 unspecified atom stereocenters. The molecular formula is C39H45N3O7S. The third-order valence-corrected chi connectivity index (χ3v) is 10.6. The summed E-state index contributed by atoms with van der Waals surface area (Å²) in [6.07, 6.45) is 4.08. The Bertz CT molecular complexity index is 1810. The van der Waals surface area contributed by atoms with Crippen LogP contribution in [0.2, 0.25) is 0 Å². The van der Waals surface area contributed by atoms with Gasteiger partial charge in [-0.2, -0.15) is 0 Å². The third kappa shape index (κ3) is 8.95. The topological polar surface area (TPSA) is 114 Å². The largest absolute Gasteiger partial charge is 0.494 e. The average Bonchev–Trinajstić information content (AvgIpc) is 3.66. The second kappa shape index (κ2) is 17.1. The molecule has 0 saturated heterocycles. The summed E-state index contributed by atoms with van der Waals surface area (Å²) in [5, 5.41) is 3.20. The highest BCUT2D eigenvalue weighted by atomic mass is 32.2. The number of carbonyl (C=O) groups excluding carboxylic acids is 2. The van der Waals surface area contributed by atoms with Crippen LogP contribution in [0.3, 0.4) is 0 Å². The number of carbonyl (C=O) groups is 2. The van der Waals surface area contributed by atoms with E-state index in [2.05, 4.69) is 5.32 Å². The Morgan fingerprint density at radius 1 is 0.820 bits per heavy atom. The van der Waals surface area contributed by atoms with Gasteiger partial charge in [0.15, 0.2) is 11.5 Å². The number of methoxy groups -OCH3 is 2. The van der Waals surface area contributed by atoms with Crippen molar-refractivity contribution in [3.05, 3.63) is 114 Å². The number of rotatable bonds is 16. The number of nitrogens with zero attached hydrogens (tertiary/aromatic N) is 2. The van der Waals surface area contributed by atoms with Gasteiger partial charge in [-0.25, -0.2) is 8.42 Å². The van der Waals surface area contributed by atoms with Crippen molar-refractivity contribution >= 4 is 27.5 Å². The second-order valence-corrected chi connectivity index (χ2v) is 14.0. The van der Waals surface area contributed by atoms with E-state index in [0.717, 1.165) is 41.1 Å². The van der Waals surface area contributed by atoms with E-state index in [9.17, 15) is 18.0 Å².